The van der Waals surface area contributed by atoms with Crippen molar-refractivity contribution >= 4 is 17.5 Å². The SMILES string of the molecule is CC(C)c1cc(C(=O)N(C)Cc2ccccc2)cc(Cl)n1. The average Bonchev–Trinajstić information content (AvgIpc) is 2.46. The van der Waals surface area contributed by atoms with Gasteiger partial charge in [-0.05, 0) is 23.6 Å². The molecular formula is C17H19ClN2O. The Bertz CT molecular complexity index is 626. The topological polar surface area (TPSA) is 33.2 Å². The van der Waals surface area contributed by atoms with Crippen LogP contribution in [0.4, 0.5) is 0 Å². The molecule has 0 saturated heterocycles. The molecule has 0 spiro atoms. The molecule has 0 radical (unpaired) electrons. The van der Waals surface area contributed by atoms with Crippen molar-refractivity contribution < 1.29 is 4.79 Å². The monoisotopic (exact) mass is 302 g/mol. The lowest BCUT2D eigenvalue weighted by atomic mass is 10.1. The van der Waals surface area contributed by atoms with Crippen LogP contribution in [0, 0.1) is 0 Å². The van der Waals surface area contributed by atoms with Gasteiger partial charge in [-0.15, -0.1) is 0 Å². The first kappa shape index (κ1) is 15.5. The maximum Gasteiger partial charge on any atom is 0.254 e. The molecule has 0 atom stereocenters. The molecule has 2 aromatic rings. The van der Waals surface area contributed by atoms with E-state index in [-0.39, 0.29) is 11.8 Å². The zero-order valence-corrected chi connectivity index (χ0v) is 13.3. The van der Waals surface area contributed by atoms with E-state index in [0.29, 0.717) is 17.3 Å². The number of rotatable bonds is 4. The van der Waals surface area contributed by atoms with Gasteiger partial charge in [0.2, 0.25) is 0 Å². The fourth-order valence-electron chi connectivity index (χ4n) is 2.09. The lowest BCUT2D eigenvalue weighted by molar-refractivity contribution is 0.0785. The maximum absolute atomic E-state index is 12.5. The van der Waals surface area contributed by atoms with Crippen LogP contribution < -0.4 is 0 Å². The van der Waals surface area contributed by atoms with Crippen LogP contribution in [0.5, 0.6) is 0 Å². The predicted octanol–water partition coefficient (Wildman–Crippen LogP) is 4.13. The summed E-state index contributed by atoms with van der Waals surface area (Å²) in [5.74, 6) is 0.180. The molecule has 110 valence electrons. The Morgan fingerprint density at radius 1 is 1.24 bits per heavy atom. The van der Waals surface area contributed by atoms with E-state index in [2.05, 4.69) is 4.98 Å². The number of hydrogen-bond donors (Lipinski definition) is 0. The molecule has 1 heterocycles. The minimum Gasteiger partial charge on any atom is -0.337 e. The van der Waals surface area contributed by atoms with Gasteiger partial charge in [-0.2, -0.15) is 0 Å². The molecule has 0 aliphatic rings. The highest BCUT2D eigenvalue weighted by Gasteiger charge is 2.15. The van der Waals surface area contributed by atoms with Crippen LogP contribution in [0.2, 0.25) is 5.15 Å². The van der Waals surface area contributed by atoms with E-state index in [1.807, 2.05) is 50.2 Å². The third-order valence-corrected chi connectivity index (χ3v) is 3.46. The number of aromatic nitrogens is 1. The molecule has 0 N–H and O–H groups in total. The summed E-state index contributed by atoms with van der Waals surface area (Å²) in [6.07, 6.45) is 0. The number of amides is 1. The fourth-order valence-corrected chi connectivity index (χ4v) is 2.30. The first-order valence-corrected chi connectivity index (χ1v) is 7.32. The third-order valence-electron chi connectivity index (χ3n) is 3.26. The Morgan fingerprint density at radius 2 is 1.90 bits per heavy atom. The minimum atomic E-state index is -0.0509. The lowest BCUT2D eigenvalue weighted by Gasteiger charge is -2.18. The quantitative estimate of drug-likeness (QED) is 0.796. The molecule has 0 bridgehead atoms. The smallest absolute Gasteiger partial charge is 0.254 e. The maximum atomic E-state index is 12.5. The van der Waals surface area contributed by atoms with Crippen LogP contribution >= 0.6 is 11.6 Å². The molecule has 0 unspecified atom stereocenters. The van der Waals surface area contributed by atoms with Crippen molar-refractivity contribution in [2.75, 3.05) is 7.05 Å². The molecule has 2 rings (SSSR count). The highest BCUT2D eigenvalue weighted by Crippen LogP contribution is 2.19. The summed E-state index contributed by atoms with van der Waals surface area (Å²) in [6.45, 7) is 4.62. The van der Waals surface area contributed by atoms with Gasteiger partial charge < -0.3 is 4.90 Å². The van der Waals surface area contributed by atoms with Crippen LogP contribution in [0.25, 0.3) is 0 Å². The molecule has 21 heavy (non-hydrogen) atoms. The summed E-state index contributed by atoms with van der Waals surface area (Å²) in [7, 11) is 1.79. The second-order valence-corrected chi connectivity index (χ2v) is 5.79. The number of nitrogens with zero attached hydrogens (tertiary/aromatic N) is 2. The van der Waals surface area contributed by atoms with Crippen LogP contribution in [0.15, 0.2) is 42.5 Å². The number of pyridine rings is 1. The fraction of sp³-hybridized carbons (Fsp3) is 0.294. The molecule has 4 heteroatoms. The van der Waals surface area contributed by atoms with E-state index in [4.69, 9.17) is 11.6 Å². The highest BCUT2D eigenvalue weighted by atomic mass is 35.5. The van der Waals surface area contributed by atoms with E-state index in [0.717, 1.165) is 11.3 Å². The lowest BCUT2D eigenvalue weighted by Crippen LogP contribution is -2.26. The number of carbonyl (C=O) groups excluding carboxylic acids is 1. The number of hydrogen-bond acceptors (Lipinski definition) is 2. The Hall–Kier alpha value is -1.87. The minimum absolute atomic E-state index is 0.0509. The molecule has 3 nitrogen and oxygen atoms in total. The van der Waals surface area contributed by atoms with E-state index in [9.17, 15) is 4.79 Å². The van der Waals surface area contributed by atoms with Crippen molar-refractivity contribution in [3.8, 4) is 0 Å². The zero-order valence-electron chi connectivity index (χ0n) is 12.5. The Morgan fingerprint density at radius 3 is 2.52 bits per heavy atom. The van der Waals surface area contributed by atoms with E-state index in [1.54, 1.807) is 18.0 Å². The number of carbonyl (C=O) groups is 1. The highest BCUT2D eigenvalue weighted by molar-refractivity contribution is 6.29. The Balaban J connectivity index is 2.19. The Labute approximate surface area is 130 Å². The first-order valence-electron chi connectivity index (χ1n) is 6.94. The summed E-state index contributed by atoms with van der Waals surface area (Å²) in [6, 6.07) is 13.3. The number of benzene rings is 1. The van der Waals surface area contributed by atoms with Gasteiger partial charge in [-0.1, -0.05) is 55.8 Å². The molecule has 1 amide bonds. The van der Waals surface area contributed by atoms with Gasteiger partial charge in [0.25, 0.3) is 5.91 Å². The van der Waals surface area contributed by atoms with Crippen LogP contribution in [-0.4, -0.2) is 22.8 Å². The molecular weight excluding hydrogens is 284 g/mol. The number of halogens is 1. The van der Waals surface area contributed by atoms with Crippen molar-refractivity contribution in [1.29, 1.82) is 0 Å². The molecule has 0 fully saturated rings. The van der Waals surface area contributed by atoms with Crippen molar-refractivity contribution in [2.45, 2.75) is 26.3 Å². The van der Waals surface area contributed by atoms with Gasteiger partial charge in [0, 0.05) is 24.8 Å². The van der Waals surface area contributed by atoms with Gasteiger partial charge >= 0.3 is 0 Å². The molecule has 0 aliphatic carbocycles. The molecule has 1 aromatic heterocycles. The molecule has 1 aromatic carbocycles. The van der Waals surface area contributed by atoms with E-state index >= 15 is 0 Å². The van der Waals surface area contributed by atoms with Crippen LogP contribution in [0.3, 0.4) is 0 Å². The van der Waals surface area contributed by atoms with Crippen molar-refractivity contribution in [3.05, 3.63) is 64.4 Å². The average molecular weight is 303 g/mol. The Kier molecular flexibility index (Phi) is 4.97. The van der Waals surface area contributed by atoms with Gasteiger partial charge in [-0.25, -0.2) is 4.98 Å². The van der Waals surface area contributed by atoms with Crippen molar-refractivity contribution in [1.82, 2.24) is 9.88 Å². The third kappa shape index (κ3) is 4.05. The largest absolute Gasteiger partial charge is 0.337 e. The zero-order chi connectivity index (χ0) is 15.4. The standard InChI is InChI=1S/C17H19ClN2O/c1-12(2)15-9-14(10-16(18)19-15)17(21)20(3)11-13-7-5-4-6-8-13/h4-10,12H,11H2,1-3H3. The predicted molar refractivity (Wildman–Crippen MR) is 85.6 cm³/mol. The summed E-state index contributed by atoms with van der Waals surface area (Å²) in [5, 5.41) is 0.359. The summed E-state index contributed by atoms with van der Waals surface area (Å²) in [5.41, 5.74) is 2.51. The van der Waals surface area contributed by atoms with Gasteiger partial charge in [-0.3, -0.25) is 4.79 Å². The van der Waals surface area contributed by atoms with Gasteiger partial charge in [0.15, 0.2) is 0 Å². The van der Waals surface area contributed by atoms with Gasteiger partial charge in [0.1, 0.15) is 5.15 Å². The molecule has 0 saturated carbocycles. The van der Waals surface area contributed by atoms with Crippen LogP contribution in [0.1, 0.15) is 41.4 Å². The summed E-state index contributed by atoms with van der Waals surface area (Å²) >= 11 is 6.02. The van der Waals surface area contributed by atoms with Crippen molar-refractivity contribution in [3.63, 3.8) is 0 Å². The normalized spacial score (nSPS) is 10.7. The van der Waals surface area contributed by atoms with E-state index in [1.165, 1.54) is 0 Å². The second-order valence-electron chi connectivity index (χ2n) is 5.40. The van der Waals surface area contributed by atoms with E-state index < -0.39 is 0 Å². The van der Waals surface area contributed by atoms with Crippen LogP contribution in [-0.2, 0) is 6.54 Å². The molecule has 0 aliphatic heterocycles. The van der Waals surface area contributed by atoms with Gasteiger partial charge in [0.05, 0.1) is 0 Å². The first-order chi connectivity index (χ1) is 9.97. The second kappa shape index (κ2) is 6.72. The van der Waals surface area contributed by atoms with Crippen molar-refractivity contribution in [2.24, 2.45) is 0 Å². The summed E-state index contributed by atoms with van der Waals surface area (Å²) < 4.78 is 0. The summed E-state index contributed by atoms with van der Waals surface area (Å²) in [4.78, 5) is 18.5.